The van der Waals surface area contributed by atoms with Gasteiger partial charge < -0.3 is 4.90 Å². The number of sulfonamides is 1. The maximum absolute atomic E-state index is 12.9. The first-order chi connectivity index (χ1) is 15.3. The Morgan fingerprint density at radius 3 is 2.38 bits per heavy atom. The smallest absolute Gasteiger partial charge is 0.241 e. The van der Waals surface area contributed by atoms with Gasteiger partial charge in [0.25, 0.3) is 0 Å². The lowest BCUT2D eigenvalue weighted by Gasteiger charge is -2.22. The molecule has 0 bridgehead atoms. The van der Waals surface area contributed by atoms with E-state index in [2.05, 4.69) is 17.7 Å². The monoisotopic (exact) mass is 448 g/mol. The lowest BCUT2D eigenvalue weighted by atomic mass is 10.1. The molecule has 0 fully saturated rings. The molecule has 0 aliphatic carbocycles. The van der Waals surface area contributed by atoms with E-state index in [-0.39, 0.29) is 22.9 Å². The number of hydrogen-bond acceptors (Lipinski definition) is 3. The van der Waals surface area contributed by atoms with Crippen LogP contribution in [0.5, 0.6) is 0 Å². The number of fused-ring (bicyclic) bond motifs is 1. The zero-order valence-corrected chi connectivity index (χ0v) is 19.2. The second kappa shape index (κ2) is 9.27. The number of hydrogen-bond donors (Lipinski definition) is 1. The van der Waals surface area contributed by atoms with Crippen molar-refractivity contribution in [3.05, 3.63) is 95.6 Å². The summed E-state index contributed by atoms with van der Waals surface area (Å²) in [6.07, 6.45) is 1.83. The van der Waals surface area contributed by atoms with Crippen LogP contribution >= 0.6 is 0 Å². The van der Waals surface area contributed by atoms with Crippen LogP contribution in [0.1, 0.15) is 43.0 Å². The summed E-state index contributed by atoms with van der Waals surface area (Å²) in [5.74, 6) is 0.0949. The molecule has 2 atom stereocenters. The van der Waals surface area contributed by atoms with E-state index >= 15 is 0 Å². The molecule has 32 heavy (non-hydrogen) atoms. The molecule has 0 saturated heterocycles. The van der Waals surface area contributed by atoms with Crippen molar-refractivity contribution < 1.29 is 13.2 Å². The van der Waals surface area contributed by atoms with Gasteiger partial charge in [-0.2, -0.15) is 0 Å². The lowest BCUT2D eigenvalue weighted by molar-refractivity contribution is -0.118. The largest absolute Gasteiger partial charge is 0.309 e. The molecular weight excluding hydrogens is 420 g/mol. The topological polar surface area (TPSA) is 66.5 Å². The fourth-order valence-electron chi connectivity index (χ4n) is 4.26. The summed E-state index contributed by atoms with van der Waals surface area (Å²) in [5, 5.41) is 0. The Morgan fingerprint density at radius 1 is 1.00 bits per heavy atom. The normalized spacial score (nSPS) is 16.6. The molecule has 3 aromatic carbocycles. The number of carbonyl (C=O) groups excluding carboxylic acids is 1. The fraction of sp³-hybridized carbons (Fsp3) is 0.269. The molecule has 4 rings (SSSR count). The first kappa shape index (κ1) is 22.2. The predicted molar refractivity (Wildman–Crippen MR) is 127 cm³/mol. The molecular formula is C26H28N2O3S. The highest BCUT2D eigenvalue weighted by atomic mass is 32.2. The van der Waals surface area contributed by atoms with E-state index in [1.165, 1.54) is 5.56 Å². The predicted octanol–water partition coefficient (Wildman–Crippen LogP) is 4.64. The summed E-state index contributed by atoms with van der Waals surface area (Å²) in [5.41, 5.74) is 4.06. The quantitative estimate of drug-likeness (QED) is 0.573. The molecule has 1 aliphatic heterocycles. The third-order valence-corrected chi connectivity index (χ3v) is 7.53. The van der Waals surface area contributed by atoms with E-state index in [4.69, 9.17) is 0 Å². The number of rotatable bonds is 7. The third kappa shape index (κ3) is 4.76. The van der Waals surface area contributed by atoms with E-state index in [0.717, 1.165) is 23.2 Å². The highest BCUT2D eigenvalue weighted by molar-refractivity contribution is 7.89. The number of para-hydroxylation sites is 1. The molecule has 6 heteroatoms. The van der Waals surface area contributed by atoms with Crippen LogP contribution in [-0.4, -0.2) is 20.4 Å². The van der Waals surface area contributed by atoms with E-state index in [1.54, 1.807) is 24.3 Å². The van der Waals surface area contributed by atoms with Crippen molar-refractivity contribution in [2.75, 3.05) is 4.90 Å². The first-order valence-corrected chi connectivity index (χ1v) is 12.4. The van der Waals surface area contributed by atoms with Crippen LogP contribution in [-0.2, 0) is 27.7 Å². The summed E-state index contributed by atoms with van der Waals surface area (Å²) in [6.45, 7) is 3.89. The average molecular weight is 449 g/mol. The second-order valence-electron chi connectivity index (χ2n) is 8.34. The van der Waals surface area contributed by atoms with Gasteiger partial charge in [-0.25, -0.2) is 13.1 Å². The van der Waals surface area contributed by atoms with Crippen molar-refractivity contribution in [3.8, 4) is 0 Å². The molecule has 1 N–H and O–H groups in total. The molecule has 0 spiro atoms. The fourth-order valence-corrected chi connectivity index (χ4v) is 5.50. The number of nitrogens with one attached hydrogen (secondary N) is 1. The van der Waals surface area contributed by atoms with Crippen LogP contribution < -0.4 is 9.62 Å². The van der Waals surface area contributed by atoms with Gasteiger partial charge in [0.15, 0.2) is 0 Å². The molecule has 5 nitrogen and oxygen atoms in total. The van der Waals surface area contributed by atoms with Crippen LogP contribution in [0.4, 0.5) is 5.69 Å². The van der Waals surface area contributed by atoms with Gasteiger partial charge in [0.05, 0.1) is 4.90 Å². The number of benzene rings is 3. The zero-order chi connectivity index (χ0) is 22.7. The van der Waals surface area contributed by atoms with Crippen LogP contribution in [0.25, 0.3) is 0 Å². The van der Waals surface area contributed by atoms with Gasteiger partial charge in [-0.05, 0) is 61.6 Å². The summed E-state index contributed by atoms with van der Waals surface area (Å²) in [4.78, 5) is 15.0. The van der Waals surface area contributed by atoms with Gasteiger partial charge in [-0.1, -0.05) is 60.7 Å². The summed E-state index contributed by atoms with van der Waals surface area (Å²) >= 11 is 0. The molecule has 2 unspecified atom stereocenters. The molecule has 1 amide bonds. The lowest BCUT2D eigenvalue weighted by Crippen LogP contribution is -2.35. The van der Waals surface area contributed by atoms with E-state index < -0.39 is 10.0 Å². The molecule has 0 saturated carbocycles. The zero-order valence-electron chi connectivity index (χ0n) is 18.4. The van der Waals surface area contributed by atoms with Crippen LogP contribution in [0.15, 0.2) is 83.8 Å². The first-order valence-electron chi connectivity index (χ1n) is 10.9. The van der Waals surface area contributed by atoms with E-state index in [1.807, 2.05) is 60.4 Å². The number of carbonyl (C=O) groups is 1. The van der Waals surface area contributed by atoms with E-state index in [0.29, 0.717) is 12.8 Å². The third-order valence-electron chi connectivity index (χ3n) is 5.97. The number of nitrogens with zero attached hydrogens (tertiary/aromatic N) is 1. The van der Waals surface area contributed by atoms with Crippen molar-refractivity contribution in [3.63, 3.8) is 0 Å². The van der Waals surface area contributed by atoms with Crippen molar-refractivity contribution in [2.24, 2.45) is 0 Å². The second-order valence-corrected chi connectivity index (χ2v) is 10.1. The highest BCUT2D eigenvalue weighted by Crippen LogP contribution is 2.32. The number of anilines is 1. The Hall–Kier alpha value is -2.96. The Labute approximate surface area is 190 Å². The van der Waals surface area contributed by atoms with Crippen molar-refractivity contribution in [2.45, 2.75) is 50.1 Å². The Morgan fingerprint density at radius 2 is 1.66 bits per heavy atom. The highest BCUT2D eigenvalue weighted by Gasteiger charge is 2.30. The maximum Gasteiger partial charge on any atom is 0.241 e. The van der Waals surface area contributed by atoms with E-state index in [9.17, 15) is 13.2 Å². The molecule has 1 heterocycles. The molecule has 166 valence electrons. The Kier molecular flexibility index (Phi) is 6.44. The molecule has 0 aromatic heterocycles. The van der Waals surface area contributed by atoms with Gasteiger partial charge in [0.2, 0.25) is 15.9 Å². The summed E-state index contributed by atoms with van der Waals surface area (Å²) in [7, 11) is -3.63. The van der Waals surface area contributed by atoms with Gasteiger partial charge in [0, 0.05) is 24.2 Å². The van der Waals surface area contributed by atoms with Gasteiger partial charge >= 0.3 is 0 Å². The summed E-state index contributed by atoms with van der Waals surface area (Å²) < 4.78 is 28.2. The molecule has 3 aromatic rings. The van der Waals surface area contributed by atoms with Gasteiger partial charge in [-0.3, -0.25) is 4.79 Å². The minimum Gasteiger partial charge on any atom is -0.309 e. The van der Waals surface area contributed by atoms with Gasteiger partial charge in [-0.15, -0.1) is 0 Å². The van der Waals surface area contributed by atoms with Crippen LogP contribution in [0, 0.1) is 0 Å². The summed E-state index contributed by atoms with van der Waals surface area (Å²) in [6, 6.07) is 24.1. The maximum atomic E-state index is 12.9. The van der Waals surface area contributed by atoms with Crippen molar-refractivity contribution in [1.82, 2.24) is 4.72 Å². The average Bonchev–Trinajstić information content (AvgIpc) is 3.14. The Bertz CT molecular complexity index is 1190. The number of amides is 1. The van der Waals surface area contributed by atoms with Crippen LogP contribution in [0.3, 0.4) is 0 Å². The van der Waals surface area contributed by atoms with Crippen molar-refractivity contribution in [1.29, 1.82) is 0 Å². The standard InChI is InChI=1S/C26H28N2O3S/c1-19-18-23-10-6-7-11-25(23)28(19)26(29)17-14-21-12-15-24(16-13-21)32(30,31)27-20(2)22-8-4-3-5-9-22/h3-13,15-16,19-20,27H,14,17-18H2,1-2H3. The Balaban J connectivity index is 1.38. The number of aryl methyl sites for hydroxylation is 1. The van der Waals surface area contributed by atoms with Crippen molar-refractivity contribution >= 4 is 21.6 Å². The minimum atomic E-state index is -3.63. The molecule has 0 radical (unpaired) electrons. The van der Waals surface area contributed by atoms with Crippen LogP contribution in [0.2, 0.25) is 0 Å². The SMILES string of the molecule is CC(NS(=O)(=O)c1ccc(CCC(=O)N2c3ccccc3CC2C)cc1)c1ccccc1. The minimum absolute atomic E-state index is 0.0949. The van der Waals surface area contributed by atoms with Gasteiger partial charge in [0.1, 0.15) is 0 Å². The molecule has 1 aliphatic rings.